The fraction of sp³-hybridized carbons (Fsp3) is 0.400. The summed E-state index contributed by atoms with van der Waals surface area (Å²) >= 11 is 5.89. The molecule has 0 saturated heterocycles. The van der Waals surface area contributed by atoms with Gasteiger partial charge in [-0.15, -0.1) is 0 Å². The van der Waals surface area contributed by atoms with E-state index in [0.29, 0.717) is 22.1 Å². The molecule has 15 heavy (non-hydrogen) atoms. The summed E-state index contributed by atoms with van der Waals surface area (Å²) in [5.41, 5.74) is 6.35. The molecule has 0 saturated carbocycles. The second kappa shape index (κ2) is 5.21. The van der Waals surface area contributed by atoms with Crippen molar-refractivity contribution in [1.29, 1.82) is 0 Å². The normalized spacial score (nSPS) is 12.3. The van der Waals surface area contributed by atoms with Crippen LogP contribution in [0.1, 0.15) is 11.6 Å². The van der Waals surface area contributed by atoms with Crippen LogP contribution in [0.4, 0.5) is 0 Å². The van der Waals surface area contributed by atoms with Crippen LogP contribution in [-0.2, 0) is 0 Å². The predicted octanol–water partition coefficient (Wildman–Crippen LogP) is 1.35. The molecule has 1 aromatic carbocycles. The Kier molecular flexibility index (Phi) is 4.20. The highest BCUT2D eigenvalue weighted by atomic mass is 35.5. The Balaban J connectivity index is 3.28. The summed E-state index contributed by atoms with van der Waals surface area (Å²) in [4.78, 5) is 0. The van der Waals surface area contributed by atoms with Gasteiger partial charge in [0.1, 0.15) is 0 Å². The monoisotopic (exact) mass is 231 g/mol. The van der Waals surface area contributed by atoms with Gasteiger partial charge in [-0.05, 0) is 6.07 Å². The maximum Gasteiger partial charge on any atom is 0.165 e. The molecule has 0 radical (unpaired) electrons. The Morgan fingerprint density at radius 1 is 1.40 bits per heavy atom. The van der Waals surface area contributed by atoms with Gasteiger partial charge in [-0.3, -0.25) is 0 Å². The number of hydrogen-bond acceptors (Lipinski definition) is 4. The molecule has 1 atom stereocenters. The number of benzene rings is 1. The fourth-order valence-corrected chi connectivity index (χ4v) is 1.55. The van der Waals surface area contributed by atoms with Crippen LogP contribution in [0.15, 0.2) is 12.1 Å². The Labute approximate surface area is 93.6 Å². The summed E-state index contributed by atoms with van der Waals surface area (Å²) in [5.74, 6) is 1.01. The van der Waals surface area contributed by atoms with Crippen LogP contribution >= 0.6 is 11.6 Å². The van der Waals surface area contributed by atoms with Crippen molar-refractivity contribution in [3.63, 3.8) is 0 Å². The van der Waals surface area contributed by atoms with Crippen molar-refractivity contribution in [3.05, 3.63) is 22.7 Å². The third kappa shape index (κ3) is 2.53. The van der Waals surface area contributed by atoms with Crippen molar-refractivity contribution < 1.29 is 14.6 Å². The Bertz CT molecular complexity index is 344. The highest BCUT2D eigenvalue weighted by Crippen LogP contribution is 2.36. The van der Waals surface area contributed by atoms with Gasteiger partial charge in [-0.25, -0.2) is 0 Å². The number of methoxy groups -OCH3 is 2. The van der Waals surface area contributed by atoms with Gasteiger partial charge in [-0.1, -0.05) is 11.6 Å². The summed E-state index contributed by atoms with van der Waals surface area (Å²) in [6.07, 6.45) is 0. The summed E-state index contributed by atoms with van der Waals surface area (Å²) in [5, 5.41) is 9.49. The Morgan fingerprint density at radius 3 is 2.53 bits per heavy atom. The molecule has 0 aliphatic carbocycles. The molecular formula is C10H14ClNO3. The van der Waals surface area contributed by atoms with Gasteiger partial charge in [0.2, 0.25) is 0 Å². The molecule has 1 aromatic rings. The fourth-order valence-electron chi connectivity index (χ4n) is 1.33. The summed E-state index contributed by atoms with van der Waals surface area (Å²) in [6, 6.07) is 2.75. The number of hydrogen-bond donors (Lipinski definition) is 2. The van der Waals surface area contributed by atoms with Crippen LogP contribution in [0, 0.1) is 0 Å². The molecule has 84 valence electrons. The van der Waals surface area contributed by atoms with Gasteiger partial charge in [0.25, 0.3) is 0 Å². The van der Waals surface area contributed by atoms with Crippen molar-refractivity contribution in [1.82, 2.24) is 0 Å². The minimum absolute atomic E-state index is 0.181. The number of rotatable bonds is 4. The first-order valence-electron chi connectivity index (χ1n) is 4.41. The van der Waals surface area contributed by atoms with E-state index in [1.165, 1.54) is 14.2 Å². The predicted molar refractivity (Wildman–Crippen MR) is 58.6 cm³/mol. The number of ether oxygens (including phenoxy) is 2. The molecule has 4 nitrogen and oxygen atoms in total. The zero-order valence-corrected chi connectivity index (χ0v) is 9.41. The number of nitrogens with two attached hydrogens (primary N) is 1. The second-order valence-corrected chi connectivity index (χ2v) is 3.46. The molecule has 3 N–H and O–H groups in total. The van der Waals surface area contributed by atoms with E-state index in [1.807, 2.05) is 0 Å². The van der Waals surface area contributed by atoms with Gasteiger partial charge < -0.3 is 20.3 Å². The van der Waals surface area contributed by atoms with E-state index >= 15 is 0 Å². The molecule has 0 fully saturated rings. The molecular weight excluding hydrogens is 218 g/mol. The summed E-state index contributed by atoms with van der Waals surface area (Å²) in [6.45, 7) is -0.181. The lowest BCUT2D eigenvalue weighted by molar-refractivity contribution is 0.263. The molecule has 5 heteroatoms. The highest BCUT2D eigenvalue weighted by Gasteiger charge is 2.16. The molecule has 0 amide bonds. The summed E-state index contributed by atoms with van der Waals surface area (Å²) < 4.78 is 10.3. The maximum absolute atomic E-state index is 9.00. The average molecular weight is 232 g/mol. The minimum Gasteiger partial charge on any atom is -0.493 e. The number of halogens is 1. The third-order valence-electron chi connectivity index (χ3n) is 2.07. The van der Waals surface area contributed by atoms with E-state index in [2.05, 4.69) is 0 Å². The lowest BCUT2D eigenvalue weighted by Gasteiger charge is -2.16. The van der Waals surface area contributed by atoms with Crippen molar-refractivity contribution in [3.8, 4) is 11.5 Å². The van der Waals surface area contributed by atoms with E-state index < -0.39 is 6.04 Å². The quantitative estimate of drug-likeness (QED) is 0.821. The number of aliphatic hydroxyl groups is 1. The smallest absolute Gasteiger partial charge is 0.165 e. The lowest BCUT2D eigenvalue weighted by atomic mass is 10.1. The van der Waals surface area contributed by atoms with Crippen molar-refractivity contribution >= 4 is 11.6 Å². The largest absolute Gasteiger partial charge is 0.493 e. The van der Waals surface area contributed by atoms with Crippen LogP contribution in [0.5, 0.6) is 11.5 Å². The first-order chi connectivity index (χ1) is 7.13. The van der Waals surface area contributed by atoms with E-state index in [4.69, 9.17) is 31.9 Å². The molecule has 1 rings (SSSR count). The molecule has 0 aliphatic rings. The van der Waals surface area contributed by atoms with Crippen LogP contribution in [-0.4, -0.2) is 25.9 Å². The first-order valence-corrected chi connectivity index (χ1v) is 4.79. The van der Waals surface area contributed by atoms with Crippen LogP contribution < -0.4 is 15.2 Å². The Morgan fingerprint density at radius 2 is 2.07 bits per heavy atom. The molecule has 0 unspecified atom stereocenters. The molecule has 0 spiro atoms. The molecule has 0 bridgehead atoms. The maximum atomic E-state index is 9.00. The zero-order chi connectivity index (χ0) is 11.4. The van der Waals surface area contributed by atoms with Gasteiger partial charge >= 0.3 is 0 Å². The van der Waals surface area contributed by atoms with Crippen molar-refractivity contribution in [2.75, 3.05) is 20.8 Å². The standard InChI is InChI=1S/C10H14ClNO3/c1-14-9-4-6(11)3-7(8(12)5-13)10(9)15-2/h3-4,8,13H,5,12H2,1-2H3/t8-/m1/s1. The Hall–Kier alpha value is -0.970. The van der Waals surface area contributed by atoms with Gasteiger partial charge in [0.15, 0.2) is 11.5 Å². The van der Waals surface area contributed by atoms with Gasteiger partial charge in [0.05, 0.1) is 26.9 Å². The number of aliphatic hydroxyl groups excluding tert-OH is 1. The van der Waals surface area contributed by atoms with Crippen molar-refractivity contribution in [2.24, 2.45) is 5.73 Å². The van der Waals surface area contributed by atoms with Crippen LogP contribution in [0.3, 0.4) is 0 Å². The molecule has 0 heterocycles. The minimum atomic E-state index is -0.535. The zero-order valence-electron chi connectivity index (χ0n) is 8.66. The van der Waals surface area contributed by atoms with Crippen molar-refractivity contribution in [2.45, 2.75) is 6.04 Å². The lowest BCUT2D eigenvalue weighted by Crippen LogP contribution is -2.15. The second-order valence-electron chi connectivity index (χ2n) is 3.02. The third-order valence-corrected chi connectivity index (χ3v) is 2.29. The van der Waals surface area contributed by atoms with Gasteiger partial charge in [0, 0.05) is 16.7 Å². The summed E-state index contributed by atoms with van der Waals surface area (Å²) in [7, 11) is 3.03. The van der Waals surface area contributed by atoms with Crippen LogP contribution in [0.2, 0.25) is 5.02 Å². The van der Waals surface area contributed by atoms with Crippen LogP contribution in [0.25, 0.3) is 0 Å². The SMILES string of the molecule is COc1cc(Cl)cc([C@H](N)CO)c1OC. The van der Waals surface area contributed by atoms with E-state index in [0.717, 1.165) is 0 Å². The molecule has 0 aromatic heterocycles. The highest BCUT2D eigenvalue weighted by molar-refractivity contribution is 6.30. The van der Waals surface area contributed by atoms with E-state index in [1.54, 1.807) is 12.1 Å². The van der Waals surface area contributed by atoms with E-state index in [9.17, 15) is 0 Å². The average Bonchev–Trinajstić information content (AvgIpc) is 2.26. The topological polar surface area (TPSA) is 64.7 Å². The van der Waals surface area contributed by atoms with Gasteiger partial charge in [-0.2, -0.15) is 0 Å². The molecule has 0 aliphatic heterocycles. The van der Waals surface area contributed by atoms with E-state index in [-0.39, 0.29) is 6.61 Å². The first kappa shape index (κ1) is 12.1.